The molecule has 0 amide bonds. The number of ether oxygens (including phenoxy) is 1. The fourth-order valence-corrected chi connectivity index (χ4v) is 1.52. The molecule has 6 heteroatoms. The maximum absolute atomic E-state index is 13.5. The number of rotatable bonds is 4. The number of aromatic nitrogens is 1. The van der Waals surface area contributed by atoms with Crippen molar-refractivity contribution in [3.05, 3.63) is 59.7 Å². The molecule has 0 unspecified atom stereocenters. The highest BCUT2D eigenvalue weighted by Crippen LogP contribution is 2.21. The number of nitrogens with zero attached hydrogens (tertiary/aromatic N) is 1. The molecule has 2 aromatic rings. The average molecular weight is 282 g/mol. The molecule has 0 aliphatic rings. The van der Waals surface area contributed by atoms with E-state index in [9.17, 15) is 4.39 Å². The lowest BCUT2D eigenvalue weighted by molar-refractivity contribution is 0.299. The van der Waals surface area contributed by atoms with Crippen molar-refractivity contribution in [1.82, 2.24) is 4.98 Å². The Labute approximate surface area is 116 Å². The predicted octanol–water partition coefficient (Wildman–Crippen LogP) is 2.51. The van der Waals surface area contributed by atoms with Crippen molar-refractivity contribution >= 4 is 18.2 Å². The number of nitrogen functional groups attached to an aromatic ring is 1. The largest absolute Gasteiger partial charge is 0.486 e. The summed E-state index contributed by atoms with van der Waals surface area (Å²) >= 11 is 0. The first kappa shape index (κ1) is 14.9. The van der Waals surface area contributed by atoms with Crippen molar-refractivity contribution in [3.8, 4) is 5.75 Å². The second-order valence-electron chi connectivity index (χ2n) is 3.64. The van der Waals surface area contributed by atoms with E-state index in [0.29, 0.717) is 0 Å². The van der Waals surface area contributed by atoms with Crippen molar-refractivity contribution in [2.24, 2.45) is 5.73 Å². The number of nitrogens with two attached hydrogens (primary N) is 1. The van der Waals surface area contributed by atoms with Gasteiger partial charge in [-0.2, -0.15) is 0 Å². The van der Waals surface area contributed by atoms with E-state index in [2.05, 4.69) is 4.98 Å². The first-order valence-electron chi connectivity index (χ1n) is 5.34. The van der Waals surface area contributed by atoms with Crippen LogP contribution in [-0.2, 0) is 6.61 Å². The van der Waals surface area contributed by atoms with Gasteiger partial charge in [0.15, 0.2) is 0 Å². The zero-order valence-electron chi connectivity index (χ0n) is 9.97. The highest BCUT2D eigenvalue weighted by Gasteiger charge is 2.12. The van der Waals surface area contributed by atoms with E-state index in [4.69, 9.17) is 15.9 Å². The zero-order valence-corrected chi connectivity index (χ0v) is 10.8. The Morgan fingerprint density at radius 3 is 2.68 bits per heavy atom. The molecule has 0 fully saturated rings. The van der Waals surface area contributed by atoms with Crippen LogP contribution in [0.15, 0.2) is 42.6 Å². The first-order chi connectivity index (χ1) is 8.68. The van der Waals surface area contributed by atoms with E-state index in [-0.39, 0.29) is 36.2 Å². The summed E-state index contributed by atoms with van der Waals surface area (Å²) in [6, 6.07) is 9.76. The van der Waals surface area contributed by atoms with Gasteiger partial charge in [0.1, 0.15) is 24.0 Å². The first-order valence-corrected chi connectivity index (χ1v) is 5.34. The molecule has 0 aliphatic carbocycles. The van der Waals surface area contributed by atoms with Gasteiger partial charge >= 0.3 is 0 Å². The van der Waals surface area contributed by atoms with Crippen LogP contribution in [0.5, 0.6) is 5.75 Å². The van der Waals surface area contributed by atoms with Crippen LogP contribution < -0.4 is 10.5 Å². The third-order valence-electron chi connectivity index (χ3n) is 2.35. The highest BCUT2D eigenvalue weighted by atomic mass is 35.5. The zero-order chi connectivity index (χ0) is 13.0. The van der Waals surface area contributed by atoms with E-state index < -0.39 is 5.82 Å². The molecule has 0 atom stereocenters. The maximum Gasteiger partial charge on any atom is 0.137 e. The van der Waals surface area contributed by atoms with Crippen LogP contribution in [0.2, 0.25) is 0 Å². The standard InChI is InChI=1S/C13H12FN3O.ClH/c14-10-5-3-6-11(12(10)13(15)16)18-8-9-4-1-2-7-17-9;/h1-7H,8H2,(H3,15,16);1H. The fraction of sp³-hybridized carbons (Fsp3) is 0.0769. The second-order valence-corrected chi connectivity index (χ2v) is 3.64. The van der Waals surface area contributed by atoms with E-state index in [0.717, 1.165) is 5.69 Å². The Kier molecular flexibility index (Phi) is 5.26. The van der Waals surface area contributed by atoms with Gasteiger partial charge in [-0.25, -0.2) is 4.39 Å². The molecule has 19 heavy (non-hydrogen) atoms. The van der Waals surface area contributed by atoms with Gasteiger partial charge < -0.3 is 10.5 Å². The quantitative estimate of drug-likeness (QED) is 0.668. The van der Waals surface area contributed by atoms with Crippen LogP contribution >= 0.6 is 12.4 Å². The summed E-state index contributed by atoms with van der Waals surface area (Å²) in [5.41, 5.74) is 6.03. The molecule has 0 spiro atoms. The van der Waals surface area contributed by atoms with Gasteiger partial charge in [-0.3, -0.25) is 10.4 Å². The van der Waals surface area contributed by atoms with Crippen LogP contribution in [0, 0.1) is 11.2 Å². The fourth-order valence-electron chi connectivity index (χ4n) is 1.52. The summed E-state index contributed by atoms with van der Waals surface area (Å²) in [7, 11) is 0. The number of hydrogen-bond donors (Lipinski definition) is 2. The summed E-state index contributed by atoms with van der Waals surface area (Å²) in [5.74, 6) is -0.682. The Morgan fingerprint density at radius 1 is 1.26 bits per heavy atom. The molecular formula is C13H13ClFN3O. The molecule has 100 valence electrons. The minimum absolute atomic E-state index is 0. The van der Waals surface area contributed by atoms with Gasteiger partial charge in [0.25, 0.3) is 0 Å². The van der Waals surface area contributed by atoms with Crippen molar-refractivity contribution < 1.29 is 9.13 Å². The summed E-state index contributed by atoms with van der Waals surface area (Å²) in [5, 5.41) is 7.34. The van der Waals surface area contributed by atoms with Crippen molar-refractivity contribution in [2.75, 3.05) is 0 Å². The lowest BCUT2D eigenvalue weighted by Gasteiger charge is -2.10. The van der Waals surface area contributed by atoms with Crippen molar-refractivity contribution in [3.63, 3.8) is 0 Å². The summed E-state index contributed by atoms with van der Waals surface area (Å²) in [4.78, 5) is 4.09. The summed E-state index contributed by atoms with van der Waals surface area (Å²) in [6.07, 6.45) is 1.65. The number of amidine groups is 1. The topological polar surface area (TPSA) is 72.0 Å². The van der Waals surface area contributed by atoms with Crippen LogP contribution in [0.1, 0.15) is 11.3 Å². The number of nitrogens with one attached hydrogen (secondary N) is 1. The number of pyridine rings is 1. The number of halogens is 2. The minimum atomic E-state index is -0.568. The highest BCUT2D eigenvalue weighted by molar-refractivity contribution is 5.97. The molecule has 4 nitrogen and oxygen atoms in total. The van der Waals surface area contributed by atoms with Gasteiger partial charge in [-0.05, 0) is 24.3 Å². The summed E-state index contributed by atoms with van der Waals surface area (Å²) in [6.45, 7) is 0.199. The smallest absolute Gasteiger partial charge is 0.137 e. The normalized spacial score (nSPS) is 9.53. The van der Waals surface area contributed by atoms with E-state index in [1.165, 1.54) is 12.1 Å². The van der Waals surface area contributed by atoms with E-state index >= 15 is 0 Å². The number of hydrogen-bond acceptors (Lipinski definition) is 3. The molecule has 0 bridgehead atoms. The van der Waals surface area contributed by atoms with E-state index in [1.807, 2.05) is 6.07 Å². The van der Waals surface area contributed by atoms with Gasteiger partial charge in [-0.1, -0.05) is 12.1 Å². The molecule has 1 aromatic carbocycles. The molecule has 1 aromatic heterocycles. The van der Waals surface area contributed by atoms with Crippen LogP contribution in [0.4, 0.5) is 4.39 Å². The van der Waals surface area contributed by atoms with Gasteiger partial charge in [0, 0.05) is 6.20 Å². The Hall–Kier alpha value is -2.14. The summed E-state index contributed by atoms with van der Waals surface area (Å²) < 4.78 is 19.0. The van der Waals surface area contributed by atoms with Gasteiger partial charge in [-0.15, -0.1) is 12.4 Å². The van der Waals surface area contributed by atoms with Gasteiger partial charge in [0.2, 0.25) is 0 Å². The predicted molar refractivity (Wildman–Crippen MR) is 73.2 cm³/mol. The maximum atomic E-state index is 13.5. The average Bonchev–Trinajstić information content (AvgIpc) is 2.37. The lowest BCUT2D eigenvalue weighted by Crippen LogP contribution is -2.15. The molecule has 0 aliphatic heterocycles. The monoisotopic (exact) mass is 281 g/mol. The Balaban J connectivity index is 0.00000180. The molecule has 0 saturated carbocycles. The molecule has 0 radical (unpaired) electrons. The minimum Gasteiger partial charge on any atom is -0.486 e. The number of benzene rings is 1. The molecular weight excluding hydrogens is 269 g/mol. The third-order valence-corrected chi connectivity index (χ3v) is 2.35. The van der Waals surface area contributed by atoms with Crippen LogP contribution in [0.25, 0.3) is 0 Å². The van der Waals surface area contributed by atoms with Crippen LogP contribution in [0.3, 0.4) is 0 Å². The van der Waals surface area contributed by atoms with Crippen molar-refractivity contribution in [2.45, 2.75) is 6.61 Å². The van der Waals surface area contributed by atoms with Crippen LogP contribution in [-0.4, -0.2) is 10.8 Å². The van der Waals surface area contributed by atoms with Crippen molar-refractivity contribution in [1.29, 1.82) is 5.41 Å². The SMILES string of the molecule is Cl.N=C(N)c1c(F)cccc1OCc1ccccn1. The molecule has 2 rings (SSSR count). The Bertz CT molecular complexity index is 563. The molecule has 1 heterocycles. The molecule has 0 saturated heterocycles. The Morgan fingerprint density at radius 2 is 2.05 bits per heavy atom. The van der Waals surface area contributed by atoms with Gasteiger partial charge in [0.05, 0.1) is 11.3 Å². The lowest BCUT2D eigenvalue weighted by atomic mass is 10.1. The molecule has 3 N–H and O–H groups in total. The second kappa shape index (κ2) is 6.70. The third kappa shape index (κ3) is 3.66. The van der Waals surface area contributed by atoms with E-state index in [1.54, 1.807) is 24.4 Å².